The molecule has 5 rings (SSSR count). The van der Waals surface area contributed by atoms with Crippen LogP contribution in [0.25, 0.3) is 22.7 Å². The Bertz CT molecular complexity index is 1470. The minimum atomic E-state index is -4.44. The standard InChI is InChI=1S/C25H26F3N7O2/c1-13-11-18(34(3)33-13)23-32-21-19(35(23)12-15-7-9-17(10-8-15)25(26,27)28)20(30-22(31-21)24(36)37)29-14(2)16-5-4-6-16/h7-11,14,16H,4-6,12H2,1-3H3,(H,36,37)(H,29,30,31)/t14-/m1/s1. The Morgan fingerprint density at radius 3 is 2.43 bits per heavy atom. The van der Waals surface area contributed by atoms with E-state index in [1.807, 2.05) is 19.9 Å². The van der Waals surface area contributed by atoms with Gasteiger partial charge in [0.25, 0.3) is 0 Å². The van der Waals surface area contributed by atoms with E-state index >= 15 is 0 Å². The van der Waals surface area contributed by atoms with Gasteiger partial charge < -0.3 is 15.0 Å². The van der Waals surface area contributed by atoms with Crippen LogP contribution in [0, 0.1) is 12.8 Å². The van der Waals surface area contributed by atoms with Gasteiger partial charge in [-0.25, -0.2) is 19.7 Å². The molecular weight excluding hydrogens is 487 g/mol. The average molecular weight is 514 g/mol. The zero-order valence-corrected chi connectivity index (χ0v) is 20.5. The van der Waals surface area contributed by atoms with Gasteiger partial charge in [0, 0.05) is 19.6 Å². The van der Waals surface area contributed by atoms with Gasteiger partial charge in [0.15, 0.2) is 17.3 Å². The fraction of sp³-hybridized carbons (Fsp3) is 0.400. The molecule has 1 aliphatic rings. The topological polar surface area (TPSA) is 111 Å². The van der Waals surface area contributed by atoms with Crippen LogP contribution in [-0.2, 0) is 19.8 Å². The Morgan fingerprint density at radius 2 is 1.89 bits per heavy atom. The quantitative estimate of drug-likeness (QED) is 0.362. The van der Waals surface area contributed by atoms with Crippen molar-refractivity contribution in [3.8, 4) is 11.5 Å². The predicted molar refractivity (Wildman–Crippen MR) is 130 cm³/mol. The number of hydrogen-bond acceptors (Lipinski definition) is 6. The van der Waals surface area contributed by atoms with Crippen LogP contribution in [0.4, 0.5) is 19.0 Å². The van der Waals surface area contributed by atoms with Gasteiger partial charge in [-0.2, -0.15) is 18.3 Å². The summed E-state index contributed by atoms with van der Waals surface area (Å²) in [5.41, 5.74) is 1.92. The number of anilines is 1. The van der Waals surface area contributed by atoms with Crippen molar-refractivity contribution in [1.82, 2.24) is 29.3 Å². The van der Waals surface area contributed by atoms with E-state index in [9.17, 15) is 23.1 Å². The number of rotatable bonds is 7. The Hall–Kier alpha value is -3.96. The summed E-state index contributed by atoms with van der Waals surface area (Å²) in [5, 5.41) is 17.4. The van der Waals surface area contributed by atoms with Crippen LogP contribution in [0.2, 0.25) is 0 Å². The van der Waals surface area contributed by atoms with Crippen molar-refractivity contribution >= 4 is 23.0 Å². The van der Waals surface area contributed by atoms with E-state index in [1.54, 1.807) is 16.3 Å². The van der Waals surface area contributed by atoms with Gasteiger partial charge in [-0.1, -0.05) is 18.6 Å². The first-order valence-electron chi connectivity index (χ1n) is 12.0. The Kier molecular flexibility index (Phi) is 6.12. The zero-order valence-electron chi connectivity index (χ0n) is 20.5. The molecule has 12 heteroatoms. The van der Waals surface area contributed by atoms with E-state index in [0.717, 1.165) is 37.1 Å². The highest BCUT2D eigenvalue weighted by Crippen LogP contribution is 2.34. The second-order valence-electron chi connectivity index (χ2n) is 9.51. The maximum Gasteiger partial charge on any atom is 0.416 e. The minimum Gasteiger partial charge on any atom is -0.475 e. The van der Waals surface area contributed by atoms with Crippen molar-refractivity contribution < 1.29 is 23.1 Å². The molecule has 1 saturated carbocycles. The molecule has 1 atom stereocenters. The molecule has 0 saturated heterocycles. The van der Waals surface area contributed by atoms with Crippen molar-refractivity contribution in [1.29, 1.82) is 0 Å². The molecule has 0 unspecified atom stereocenters. The lowest BCUT2D eigenvalue weighted by atomic mass is 9.80. The van der Waals surface area contributed by atoms with E-state index in [0.29, 0.717) is 34.3 Å². The molecule has 4 aromatic rings. The third-order valence-electron chi connectivity index (χ3n) is 6.87. The molecule has 1 aromatic carbocycles. The van der Waals surface area contributed by atoms with Crippen LogP contribution in [0.5, 0.6) is 0 Å². The first-order valence-corrected chi connectivity index (χ1v) is 12.0. The van der Waals surface area contributed by atoms with Gasteiger partial charge >= 0.3 is 12.1 Å². The second-order valence-corrected chi connectivity index (χ2v) is 9.51. The number of carbonyl (C=O) groups is 1. The first-order chi connectivity index (χ1) is 17.5. The third kappa shape index (κ3) is 4.75. The first kappa shape index (κ1) is 24.7. The lowest BCUT2D eigenvalue weighted by molar-refractivity contribution is -0.137. The van der Waals surface area contributed by atoms with E-state index in [1.165, 1.54) is 12.1 Å². The summed E-state index contributed by atoms with van der Waals surface area (Å²) in [4.78, 5) is 25.0. The SMILES string of the molecule is Cc1cc(-c2nc3nc(C(=O)O)nc(N[C@H](C)C4CCC4)c3n2Cc2ccc(C(F)(F)F)cc2)n(C)n1. The van der Waals surface area contributed by atoms with Gasteiger partial charge in [0.2, 0.25) is 5.82 Å². The fourth-order valence-corrected chi connectivity index (χ4v) is 4.66. The average Bonchev–Trinajstić information content (AvgIpc) is 3.30. The van der Waals surface area contributed by atoms with Gasteiger partial charge in [0.05, 0.1) is 11.3 Å². The maximum atomic E-state index is 13.1. The summed E-state index contributed by atoms with van der Waals surface area (Å²) in [6.45, 7) is 4.03. The summed E-state index contributed by atoms with van der Waals surface area (Å²) in [6, 6.07) is 6.79. The van der Waals surface area contributed by atoms with E-state index in [-0.39, 0.29) is 24.1 Å². The largest absolute Gasteiger partial charge is 0.475 e. The fourth-order valence-electron chi connectivity index (χ4n) is 4.66. The van der Waals surface area contributed by atoms with Crippen molar-refractivity contribution in [2.24, 2.45) is 13.0 Å². The molecule has 37 heavy (non-hydrogen) atoms. The summed E-state index contributed by atoms with van der Waals surface area (Å²) in [6.07, 6.45) is -1.16. The van der Waals surface area contributed by atoms with E-state index in [2.05, 4.69) is 25.4 Å². The molecule has 3 heterocycles. The maximum absolute atomic E-state index is 13.1. The number of alkyl halides is 3. The Morgan fingerprint density at radius 1 is 1.19 bits per heavy atom. The number of fused-ring (bicyclic) bond motifs is 1. The molecule has 0 amide bonds. The number of halogens is 3. The zero-order chi connectivity index (χ0) is 26.5. The van der Waals surface area contributed by atoms with Gasteiger partial charge in [0.1, 0.15) is 11.2 Å². The van der Waals surface area contributed by atoms with Crippen molar-refractivity contribution in [2.75, 3.05) is 5.32 Å². The number of nitrogens with one attached hydrogen (secondary N) is 1. The number of benzene rings is 1. The number of carboxylic acids is 1. The van der Waals surface area contributed by atoms with Crippen LogP contribution in [0.3, 0.4) is 0 Å². The van der Waals surface area contributed by atoms with Crippen molar-refractivity contribution in [3.05, 3.63) is 53.0 Å². The third-order valence-corrected chi connectivity index (χ3v) is 6.87. The number of aromatic nitrogens is 6. The molecule has 0 bridgehead atoms. The number of nitrogens with zero attached hydrogens (tertiary/aromatic N) is 6. The van der Waals surface area contributed by atoms with Gasteiger partial charge in [-0.3, -0.25) is 4.68 Å². The molecular formula is C25H26F3N7O2. The summed E-state index contributed by atoms with van der Waals surface area (Å²) in [5.74, 6) is -0.455. The van der Waals surface area contributed by atoms with Crippen LogP contribution in [0.1, 0.15) is 53.6 Å². The van der Waals surface area contributed by atoms with Crippen molar-refractivity contribution in [2.45, 2.75) is 51.9 Å². The highest BCUT2D eigenvalue weighted by Gasteiger charge is 2.31. The lowest BCUT2D eigenvalue weighted by Gasteiger charge is -2.32. The monoisotopic (exact) mass is 513 g/mol. The van der Waals surface area contributed by atoms with E-state index in [4.69, 9.17) is 0 Å². The number of imidazole rings is 1. The number of aromatic carboxylic acids is 1. The van der Waals surface area contributed by atoms with Gasteiger partial charge in [-0.15, -0.1) is 0 Å². The predicted octanol–water partition coefficient (Wildman–Crippen LogP) is 4.90. The van der Waals surface area contributed by atoms with Crippen LogP contribution in [0.15, 0.2) is 30.3 Å². The van der Waals surface area contributed by atoms with Crippen molar-refractivity contribution in [3.63, 3.8) is 0 Å². The molecule has 0 aliphatic heterocycles. The number of aryl methyl sites for hydroxylation is 2. The minimum absolute atomic E-state index is 0.0327. The van der Waals surface area contributed by atoms with Gasteiger partial charge in [-0.05, 0) is 56.4 Å². The second kappa shape index (κ2) is 9.16. The molecule has 3 aromatic heterocycles. The molecule has 1 fully saturated rings. The Balaban J connectivity index is 1.69. The van der Waals surface area contributed by atoms with Crippen LogP contribution >= 0.6 is 0 Å². The summed E-state index contributed by atoms with van der Waals surface area (Å²) < 4.78 is 42.8. The lowest BCUT2D eigenvalue weighted by Crippen LogP contribution is -2.31. The summed E-state index contributed by atoms with van der Waals surface area (Å²) in [7, 11) is 1.76. The van der Waals surface area contributed by atoms with Crippen LogP contribution < -0.4 is 5.32 Å². The molecule has 1 aliphatic carbocycles. The summed E-state index contributed by atoms with van der Waals surface area (Å²) >= 11 is 0. The smallest absolute Gasteiger partial charge is 0.416 e. The normalized spacial score (nSPS) is 15.1. The number of carboxylic acid groups (broad SMARTS) is 1. The van der Waals surface area contributed by atoms with E-state index < -0.39 is 17.7 Å². The molecule has 194 valence electrons. The highest BCUT2D eigenvalue weighted by atomic mass is 19.4. The highest BCUT2D eigenvalue weighted by molar-refractivity contribution is 5.92. The van der Waals surface area contributed by atoms with Crippen LogP contribution in [-0.4, -0.2) is 46.4 Å². The molecule has 0 spiro atoms. The number of hydrogen-bond donors (Lipinski definition) is 2. The molecule has 2 N–H and O–H groups in total. The molecule has 0 radical (unpaired) electrons. The molecule has 9 nitrogen and oxygen atoms in total. The Labute approximate surface area is 210 Å².